The lowest BCUT2D eigenvalue weighted by molar-refractivity contribution is -0.128. The standard InChI is InChI=1S/C13H17Cl2NO/c1-9-5-4-6-11(15)10(9)7-16-12(17)13(2,3)8-14/h4-6H,7-8H2,1-3H3,(H,16,17). The minimum Gasteiger partial charge on any atom is -0.351 e. The number of amides is 1. The maximum atomic E-state index is 11.9. The summed E-state index contributed by atoms with van der Waals surface area (Å²) in [6, 6.07) is 5.69. The molecule has 0 fully saturated rings. The summed E-state index contributed by atoms with van der Waals surface area (Å²) in [5.41, 5.74) is 1.46. The van der Waals surface area contributed by atoms with Gasteiger partial charge < -0.3 is 5.32 Å². The largest absolute Gasteiger partial charge is 0.351 e. The molecule has 0 bridgehead atoms. The van der Waals surface area contributed by atoms with E-state index in [9.17, 15) is 4.79 Å². The van der Waals surface area contributed by atoms with Crippen LogP contribution in [0.3, 0.4) is 0 Å². The summed E-state index contributed by atoms with van der Waals surface area (Å²) < 4.78 is 0. The van der Waals surface area contributed by atoms with Crippen molar-refractivity contribution in [2.75, 3.05) is 5.88 Å². The monoisotopic (exact) mass is 273 g/mol. The van der Waals surface area contributed by atoms with Crippen molar-refractivity contribution in [3.8, 4) is 0 Å². The number of halogens is 2. The molecule has 94 valence electrons. The van der Waals surface area contributed by atoms with Gasteiger partial charge in [-0.15, -0.1) is 11.6 Å². The maximum Gasteiger partial charge on any atom is 0.227 e. The second kappa shape index (κ2) is 5.74. The lowest BCUT2D eigenvalue weighted by atomic mass is 9.95. The Kier molecular flexibility index (Phi) is 4.84. The molecule has 0 spiro atoms. The van der Waals surface area contributed by atoms with Gasteiger partial charge in [-0.05, 0) is 38.0 Å². The van der Waals surface area contributed by atoms with Crippen molar-refractivity contribution in [2.45, 2.75) is 27.3 Å². The summed E-state index contributed by atoms with van der Waals surface area (Å²) in [4.78, 5) is 11.9. The van der Waals surface area contributed by atoms with Crippen molar-refractivity contribution in [2.24, 2.45) is 5.41 Å². The number of benzene rings is 1. The topological polar surface area (TPSA) is 29.1 Å². The Hall–Kier alpha value is -0.730. The van der Waals surface area contributed by atoms with E-state index >= 15 is 0 Å². The van der Waals surface area contributed by atoms with Crippen molar-refractivity contribution < 1.29 is 4.79 Å². The molecule has 0 aliphatic carbocycles. The summed E-state index contributed by atoms with van der Waals surface area (Å²) in [5, 5.41) is 3.54. The van der Waals surface area contributed by atoms with Crippen LogP contribution in [0.5, 0.6) is 0 Å². The molecule has 1 aromatic rings. The van der Waals surface area contributed by atoms with Gasteiger partial charge >= 0.3 is 0 Å². The van der Waals surface area contributed by atoms with Crippen LogP contribution in [0.25, 0.3) is 0 Å². The fourth-order valence-electron chi connectivity index (χ4n) is 1.36. The minimum atomic E-state index is -0.559. The van der Waals surface area contributed by atoms with Crippen LogP contribution in [0.15, 0.2) is 18.2 Å². The van der Waals surface area contributed by atoms with Gasteiger partial charge in [0.25, 0.3) is 0 Å². The SMILES string of the molecule is Cc1cccc(Cl)c1CNC(=O)C(C)(C)CCl. The van der Waals surface area contributed by atoms with Crippen molar-refractivity contribution >= 4 is 29.1 Å². The molecule has 0 unspecified atom stereocenters. The zero-order valence-electron chi connectivity index (χ0n) is 10.3. The molecule has 0 saturated heterocycles. The Morgan fingerprint density at radius 2 is 2.06 bits per heavy atom. The van der Waals surface area contributed by atoms with Crippen LogP contribution >= 0.6 is 23.2 Å². The average molecular weight is 274 g/mol. The molecule has 1 N–H and O–H groups in total. The van der Waals surface area contributed by atoms with Crippen LogP contribution in [-0.4, -0.2) is 11.8 Å². The number of hydrogen-bond acceptors (Lipinski definition) is 1. The van der Waals surface area contributed by atoms with Crippen molar-refractivity contribution in [1.29, 1.82) is 0 Å². The number of hydrogen-bond donors (Lipinski definition) is 1. The molecule has 1 rings (SSSR count). The molecule has 0 aliphatic rings. The van der Waals surface area contributed by atoms with E-state index in [-0.39, 0.29) is 5.91 Å². The Balaban J connectivity index is 2.72. The highest BCUT2D eigenvalue weighted by Gasteiger charge is 2.26. The molecular formula is C13H17Cl2NO. The number of carbonyl (C=O) groups is 1. The molecule has 0 atom stereocenters. The zero-order valence-corrected chi connectivity index (χ0v) is 11.8. The van der Waals surface area contributed by atoms with E-state index in [4.69, 9.17) is 23.2 Å². The molecule has 2 nitrogen and oxygen atoms in total. The van der Waals surface area contributed by atoms with E-state index in [1.807, 2.05) is 39.0 Å². The van der Waals surface area contributed by atoms with Gasteiger partial charge in [-0.2, -0.15) is 0 Å². The van der Waals surface area contributed by atoms with E-state index in [1.165, 1.54) is 0 Å². The van der Waals surface area contributed by atoms with Gasteiger partial charge in [0.2, 0.25) is 5.91 Å². The van der Waals surface area contributed by atoms with Gasteiger partial charge in [0.05, 0.1) is 5.41 Å². The molecule has 0 radical (unpaired) electrons. The molecule has 0 heterocycles. The number of rotatable bonds is 4. The third-order valence-corrected chi connectivity index (χ3v) is 3.75. The summed E-state index contributed by atoms with van der Waals surface area (Å²) in [6.45, 7) is 6.04. The molecule has 0 aromatic heterocycles. The fraction of sp³-hybridized carbons (Fsp3) is 0.462. The second-order valence-corrected chi connectivity index (χ2v) is 5.41. The number of nitrogens with one attached hydrogen (secondary N) is 1. The second-order valence-electron chi connectivity index (χ2n) is 4.74. The normalized spacial score (nSPS) is 11.4. The number of carbonyl (C=O) groups excluding carboxylic acids is 1. The molecular weight excluding hydrogens is 257 g/mol. The van der Waals surface area contributed by atoms with Crippen LogP contribution in [-0.2, 0) is 11.3 Å². The average Bonchev–Trinajstić information content (AvgIpc) is 2.28. The van der Waals surface area contributed by atoms with Crippen molar-refractivity contribution in [3.63, 3.8) is 0 Å². The van der Waals surface area contributed by atoms with Crippen molar-refractivity contribution in [1.82, 2.24) is 5.32 Å². The van der Waals surface area contributed by atoms with Crippen LogP contribution in [0.4, 0.5) is 0 Å². The van der Waals surface area contributed by atoms with Gasteiger partial charge in [-0.25, -0.2) is 0 Å². The summed E-state index contributed by atoms with van der Waals surface area (Å²) in [7, 11) is 0. The number of alkyl halides is 1. The molecule has 17 heavy (non-hydrogen) atoms. The Morgan fingerprint density at radius 1 is 1.41 bits per heavy atom. The van der Waals surface area contributed by atoms with Gasteiger partial charge in [0, 0.05) is 17.4 Å². The first-order valence-electron chi connectivity index (χ1n) is 5.47. The molecule has 0 aliphatic heterocycles. The summed E-state index contributed by atoms with van der Waals surface area (Å²) in [6.07, 6.45) is 0. The first kappa shape index (κ1) is 14.3. The molecule has 1 aromatic carbocycles. The van der Waals surface area contributed by atoms with E-state index in [0.717, 1.165) is 11.1 Å². The minimum absolute atomic E-state index is 0.0631. The van der Waals surface area contributed by atoms with Crippen LogP contribution in [0.2, 0.25) is 5.02 Å². The van der Waals surface area contributed by atoms with E-state index in [1.54, 1.807) is 0 Å². The van der Waals surface area contributed by atoms with Gasteiger partial charge in [0.1, 0.15) is 0 Å². The summed E-state index contributed by atoms with van der Waals surface area (Å²) in [5.74, 6) is 0.229. The third-order valence-electron chi connectivity index (χ3n) is 2.73. The van der Waals surface area contributed by atoms with Gasteiger partial charge in [-0.3, -0.25) is 4.79 Å². The van der Waals surface area contributed by atoms with Gasteiger partial charge in [-0.1, -0.05) is 23.7 Å². The maximum absolute atomic E-state index is 11.9. The van der Waals surface area contributed by atoms with Crippen LogP contribution in [0.1, 0.15) is 25.0 Å². The highest BCUT2D eigenvalue weighted by atomic mass is 35.5. The Bertz CT molecular complexity index is 396. The van der Waals surface area contributed by atoms with Crippen LogP contribution < -0.4 is 5.32 Å². The predicted molar refractivity (Wildman–Crippen MR) is 72.5 cm³/mol. The molecule has 1 amide bonds. The Labute approximate surface area is 112 Å². The third kappa shape index (κ3) is 3.62. The molecule has 4 heteroatoms. The predicted octanol–water partition coefficient (Wildman–Crippen LogP) is 3.53. The Morgan fingerprint density at radius 3 is 2.59 bits per heavy atom. The quantitative estimate of drug-likeness (QED) is 0.836. The first-order chi connectivity index (χ1) is 7.88. The molecule has 0 saturated carbocycles. The van der Waals surface area contributed by atoms with Crippen molar-refractivity contribution in [3.05, 3.63) is 34.3 Å². The smallest absolute Gasteiger partial charge is 0.227 e. The first-order valence-corrected chi connectivity index (χ1v) is 6.38. The zero-order chi connectivity index (χ0) is 13.1. The van der Waals surface area contributed by atoms with E-state index in [0.29, 0.717) is 17.4 Å². The lowest BCUT2D eigenvalue weighted by Crippen LogP contribution is -2.37. The number of aryl methyl sites for hydroxylation is 1. The summed E-state index contributed by atoms with van der Waals surface area (Å²) >= 11 is 11.8. The van der Waals surface area contributed by atoms with Crippen LogP contribution in [0, 0.1) is 12.3 Å². The fourth-order valence-corrected chi connectivity index (χ4v) is 1.77. The lowest BCUT2D eigenvalue weighted by Gasteiger charge is -2.21. The van der Waals surface area contributed by atoms with E-state index in [2.05, 4.69) is 5.32 Å². The van der Waals surface area contributed by atoms with E-state index < -0.39 is 5.41 Å². The van der Waals surface area contributed by atoms with Gasteiger partial charge in [0.15, 0.2) is 0 Å². The highest BCUT2D eigenvalue weighted by Crippen LogP contribution is 2.21. The highest BCUT2D eigenvalue weighted by molar-refractivity contribution is 6.31.